The quantitative estimate of drug-likeness (QED) is 0.207. The van der Waals surface area contributed by atoms with Crippen molar-refractivity contribution in [1.82, 2.24) is 24.8 Å². The van der Waals surface area contributed by atoms with Gasteiger partial charge in [0.25, 0.3) is 11.5 Å². The summed E-state index contributed by atoms with van der Waals surface area (Å²) >= 11 is 0. The minimum absolute atomic E-state index is 0.00501. The highest BCUT2D eigenvalue weighted by Crippen LogP contribution is 2.25. The molecule has 3 aromatic carbocycles. The van der Waals surface area contributed by atoms with Crippen molar-refractivity contribution < 1.29 is 9.53 Å². The number of nitrogens with two attached hydrogens (primary N) is 1. The predicted octanol–water partition coefficient (Wildman–Crippen LogP) is 6.10. The van der Waals surface area contributed by atoms with Gasteiger partial charge in [0.2, 0.25) is 0 Å². The van der Waals surface area contributed by atoms with E-state index in [1.165, 1.54) is 6.20 Å². The second-order valence-electron chi connectivity index (χ2n) is 11.2. The first-order valence-corrected chi connectivity index (χ1v) is 15.1. The van der Waals surface area contributed by atoms with Gasteiger partial charge in [0.05, 0.1) is 29.4 Å². The van der Waals surface area contributed by atoms with Crippen LogP contribution < -0.4 is 21.3 Å². The number of carbonyl (C=O) groups excluding carboxylic acids is 1. The Balaban J connectivity index is 1.37. The van der Waals surface area contributed by atoms with E-state index in [9.17, 15) is 9.59 Å². The van der Waals surface area contributed by atoms with Gasteiger partial charge in [0.1, 0.15) is 5.75 Å². The van der Waals surface area contributed by atoms with Crippen LogP contribution in [-0.2, 0) is 0 Å². The Hall–Kier alpha value is -6.27. The summed E-state index contributed by atoms with van der Waals surface area (Å²) < 4.78 is 7.34. The Morgan fingerprint density at radius 2 is 1.66 bits per heavy atom. The number of hydrogen-bond donors (Lipinski definition) is 2. The van der Waals surface area contributed by atoms with Gasteiger partial charge in [-0.25, -0.2) is 9.97 Å². The van der Waals surface area contributed by atoms with Gasteiger partial charge in [-0.3, -0.25) is 19.1 Å². The van der Waals surface area contributed by atoms with Gasteiger partial charge in [-0.05, 0) is 86.8 Å². The van der Waals surface area contributed by atoms with E-state index in [1.807, 2.05) is 112 Å². The van der Waals surface area contributed by atoms with Gasteiger partial charge >= 0.3 is 0 Å². The highest BCUT2D eigenvalue weighted by Gasteiger charge is 2.22. The Morgan fingerprint density at radius 1 is 0.915 bits per heavy atom. The van der Waals surface area contributed by atoms with E-state index < -0.39 is 11.9 Å². The van der Waals surface area contributed by atoms with Crippen LogP contribution >= 0.6 is 0 Å². The molecule has 6 aromatic rings. The Morgan fingerprint density at radius 3 is 2.38 bits per heavy atom. The highest BCUT2D eigenvalue weighted by atomic mass is 16.5. The van der Waals surface area contributed by atoms with E-state index in [-0.39, 0.29) is 23.2 Å². The van der Waals surface area contributed by atoms with E-state index in [0.29, 0.717) is 33.4 Å². The third kappa shape index (κ3) is 6.72. The number of pyridine rings is 2. The summed E-state index contributed by atoms with van der Waals surface area (Å²) in [5, 5.41) is 4.17. The predicted molar refractivity (Wildman–Crippen MR) is 183 cm³/mol. The molecule has 1 amide bonds. The summed E-state index contributed by atoms with van der Waals surface area (Å²) in [7, 11) is 0. The summed E-state index contributed by atoms with van der Waals surface area (Å²) in [6.45, 7) is 5.73. The smallest absolute Gasteiger partial charge is 0.274 e. The van der Waals surface area contributed by atoms with Crippen molar-refractivity contribution in [3.05, 3.63) is 142 Å². The van der Waals surface area contributed by atoms with Gasteiger partial charge in [0.15, 0.2) is 11.5 Å². The van der Waals surface area contributed by atoms with Crippen LogP contribution in [-0.4, -0.2) is 31.5 Å². The second-order valence-corrected chi connectivity index (χ2v) is 11.2. The third-order valence-corrected chi connectivity index (χ3v) is 7.44. The molecule has 3 N–H and O–H groups in total. The number of nitrogens with one attached hydrogen (secondary N) is 1. The van der Waals surface area contributed by atoms with Crippen LogP contribution in [0.25, 0.3) is 27.7 Å². The average Bonchev–Trinajstić information content (AvgIpc) is 3.08. The molecule has 0 saturated heterocycles. The fraction of sp³-hybridized carbons (Fsp3) is 0.132. The number of amides is 1. The number of para-hydroxylation sites is 1. The fourth-order valence-electron chi connectivity index (χ4n) is 5.24. The maximum absolute atomic E-state index is 14.3. The van der Waals surface area contributed by atoms with Crippen molar-refractivity contribution in [3.63, 3.8) is 0 Å². The van der Waals surface area contributed by atoms with Crippen molar-refractivity contribution in [1.29, 1.82) is 0 Å². The number of carbonyl (C=O) groups is 1. The molecule has 0 unspecified atom stereocenters. The number of rotatable bonds is 7. The molecule has 232 valence electrons. The first-order chi connectivity index (χ1) is 22.8. The maximum Gasteiger partial charge on any atom is 0.274 e. The van der Waals surface area contributed by atoms with Crippen LogP contribution in [0.2, 0.25) is 0 Å². The van der Waals surface area contributed by atoms with Gasteiger partial charge in [-0.1, -0.05) is 42.2 Å². The minimum Gasteiger partial charge on any atom is -0.491 e. The molecule has 0 spiro atoms. The van der Waals surface area contributed by atoms with Crippen molar-refractivity contribution in [2.24, 2.45) is 0 Å². The highest BCUT2D eigenvalue weighted by molar-refractivity contribution is 5.97. The molecular weight excluding hydrogens is 588 g/mol. The van der Waals surface area contributed by atoms with Crippen molar-refractivity contribution in [3.8, 4) is 34.5 Å². The molecule has 9 heteroatoms. The van der Waals surface area contributed by atoms with Gasteiger partial charge in [0, 0.05) is 40.5 Å². The minimum atomic E-state index is -0.622. The lowest BCUT2D eigenvalue weighted by atomic mass is 10.0. The number of nitrogen functional groups attached to an aromatic ring is 1. The summed E-state index contributed by atoms with van der Waals surface area (Å²) in [5.74, 6) is 6.50. The second kappa shape index (κ2) is 13.4. The number of aromatic nitrogens is 4. The zero-order valence-electron chi connectivity index (χ0n) is 26.1. The van der Waals surface area contributed by atoms with Gasteiger partial charge in [-0.2, -0.15) is 0 Å². The summed E-state index contributed by atoms with van der Waals surface area (Å²) in [6.07, 6.45) is 4.92. The number of fused-ring (bicyclic) bond motifs is 1. The Labute approximate surface area is 272 Å². The van der Waals surface area contributed by atoms with Crippen LogP contribution in [0.1, 0.15) is 54.1 Å². The van der Waals surface area contributed by atoms with Crippen LogP contribution in [0, 0.1) is 11.8 Å². The first kappa shape index (κ1) is 30.7. The number of hydrogen-bond acceptors (Lipinski definition) is 7. The Kier molecular flexibility index (Phi) is 8.75. The normalized spacial score (nSPS) is 11.5. The molecule has 0 radical (unpaired) electrons. The topological polar surface area (TPSA) is 125 Å². The molecule has 0 saturated carbocycles. The largest absolute Gasteiger partial charge is 0.491 e. The molecule has 3 aromatic heterocycles. The SMILES string of the molecule is CC(C)Oc1ccc(-c2cnc(N)c(C(=O)N[C@H](C)c3cc4cccc(C#Cc5ccncc5)c4c(=O)n3-c3ccccc3)n2)cc1. The number of nitrogens with zero attached hydrogens (tertiary/aromatic N) is 4. The molecule has 0 aliphatic heterocycles. The molecule has 9 nitrogen and oxygen atoms in total. The summed E-state index contributed by atoms with van der Waals surface area (Å²) in [6, 6.07) is 27.1. The summed E-state index contributed by atoms with van der Waals surface area (Å²) in [5.41, 5.74) is 9.73. The maximum atomic E-state index is 14.3. The number of ether oxygens (including phenoxy) is 1. The van der Waals surface area contributed by atoms with E-state index in [4.69, 9.17) is 10.5 Å². The molecule has 0 aliphatic rings. The fourth-order valence-corrected chi connectivity index (χ4v) is 5.24. The average molecular weight is 621 g/mol. The van der Waals surface area contributed by atoms with Crippen molar-refractivity contribution in [2.45, 2.75) is 32.9 Å². The molecule has 0 fully saturated rings. The van der Waals surface area contributed by atoms with Gasteiger partial charge in [-0.15, -0.1) is 0 Å². The molecule has 6 rings (SSSR count). The third-order valence-electron chi connectivity index (χ3n) is 7.44. The van der Waals surface area contributed by atoms with E-state index in [2.05, 4.69) is 32.1 Å². The van der Waals surface area contributed by atoms with Crippen molar-refractivity contribution in [2.75, 3.05) is 5.73 Å². The van der Waals surface area contributed by atoms with Crippen molar-refractivity contribution >= 4 is 22.5 Å². The zero-order valence-corrected chi connectivity index (χ0v) is 26.1. The van der Waals surface area contributed by atoms with E-state index in [1.54, 1.807) is 17.0 Å². The van der Waals surface area contributed by atoms with Gasteiger partial charge < -0.3 is 15.8 Å². The van der Waals surface area contributed by atoms with E-state index in [0.717, 1.165) is 16.9 Å². The van der Waals surface area contributed by atoms with Crippen LogP contribution in [0.4, 0.5) is 5.82 Å². The molecule has 47 heavy (non-hydrogen) atoms. The molecule has 0 bridgehead atoms. The van der Waals surface area contributed by atoms with Crippen LogP contribution in [0.3, 0.4) is 0 Å². The monoisotopic (exact) mass is 620 g/mol. The lowest BCUT2D eigenvalue weighted by Gasteiger charge is -2.21. The molecular formula is C38H32N6O3. The molecule has 1 atom stereocenters. The number of benzene rings is 3. The molecule has 3 heterocycles. The van der Waals surface area contributed by atoms with E-state index >= 15 is 0 Å². The zero-order chi connectivity index (χ0) is 32.9. The van der Waals surface area contributed by atoms with Crippen LogP contribution in [0.15, 0.2) is 114 Å². The first-order valence-electron chi connectivity index (χ1n) is 15.1. The summed E-state index contributed by atoms with van der Waals surface area (Å²) in [4.78, 5) is 40.8. The Bertz CT molecular complexity index is 2190. The number of anilines is 1. The lowest BCUT2D eigenvalue weighted by Crippen LogP contribution is -2.33. The van der Waals surface area contributed by atoms with Crippen LogP contribution in [0.5, 0.6) is 5.75 Å². The molecule has 0 aliphatic carbocycles. The standard InChI is InChI=1S/C38H32N6O3/c1-24(2)47-31-16-14-27(15-17-31)32-23-41-36(39)35(43-32)37(45)42-25(3)33-22-29-9-7-8-28(13-12-26-18-20-40-21-19-26)34(29)38(46)44(33)30-10-5-4-6-11-30/h4-11,14-25H,1-3H3,(H2,39,41)(H,42,45)/t25-/m1/s1. The lowest BCUT2D eigenvalue weighted by molar-refractivity contribution is 0.0934.